The van der Waals surface area contributed by atoms with E-state index in [9.17, 15) is 4.79 Å². The lowest BCUT2D eigenvalue weighted by Gasteiger charge is -1.96. The second-order valence-corrected chi connectivity index (χ2v) is 5.43. The van der Waals surface area contributed by atoms with Crippen molar-refractivity contribution in [1.29, 1.82) is 0 Å². The molecule has 4 nitrogen and oxygen atoms in total. The minimum absolute atomic E-state index is 0.155. The Morgan fingerprint density at radius 3 is 2.93 bits per heavy atom. The smallest absolute Gasteiger partial charge is 0.263 e. The zero-order chi connectivity index (χ0) is 11.0. The largest absolute Gasteiger partial charge is 0.307 e. The quantitative estimate of drug-likeness (QED) is 0.633. The normalized spacial score (nSPS) is 18.7. The number of aromatic nitrogens is 2. The zero-order valence-corrected chi connectivity index (χ0v) is 10.9. The molecule has 1 fully saturated rings. The number of hydrogen-bond donors (Lipinski definition) is 1. The standard InChI is InChI=1S/C8H6BrN3OS2/c1-12-5(4(9)3-10-12)2-6-7(13)11-8(14)15-6/h2-3H,1H3,(H,11,13,14). The average Bonchev–Trinajstić information content (AvgIpc) is 2.63. The molecule has 1 amide bonds. The van der Waals surface area contributed by atoms with Crippen LogP contribution < -0.4 is 5.32 Å². The molecule has 15 heavy (non-hydrogen) atoms. The van der Waals surface area contributed by atoms with E-state index in [0.29, 0.717) is 9.23 Å². The monoisotopic (exact) mass is 303 g/mol. The molecule has 0 atom stereocenters. The summed E-state index contributed by atoms with van der Waals surface area (Å²) in [6, 6.07) is 0. The SMILES string of the molecule is Cn1ncc(Br)c1C=C1SC(=S)NC1=O. The lowest BCUT2D eigenvalue weighted by atomic mass is 10.3. The number of aryl methyl sites for hydroxylation is 1. The maximum atomic E-state index is 11.4. The van der Waals surface area contributed by atoms with Crippen molar-refractivity contribution in [2.45, 2.75) is 0 Å². The number of thiocarbonyl (C=S) groups is 1. The highest BCUT2D eigenvalue weighted by Gasteiger charge is 2.22. The van der Waals surface area contributed by atoms with Crippen LogP contribution in [0.2, 0.25) is 0 Å². The minimum atomic E-state index is -0.155. The Labute approximate surface area is 104 Å². The van der Waals surface area contributed by atoms with Crippen molar-refractivity contribution in [2.75, 3.05) is 0 Å². The van der Waals surface area contributed by atoms with E-state index in [4.69, 9.17) is 12.2 Å². The van der Waals surface area contributed by atoms with Crippen LogP contribution in [-0.2, 0) is 11.8 Å². The number of nitrogens with zero attached hydrogens (tertiary/aromatic N) is 2. The maximum Gasteiger partial charge on any atom is 0.263 e. The van der Waals surface area contributed by atoms with Gasteiger partial charge in [0.1, 0.15) is 4.32 Å². The molecule has 1 aliphatic rings. The highest BCUT2D eigenvalue weighted by molar-refractivity contribution is 9.10. The predicted molar refractivity (Wildman–Crippen MR) is 67.2 cm³/mol. The van der Waals surface area contributed by atoms with Gasteiger partial charge in [-0.2, -0.15) is 5.10 Å². The molecule has 78 valence electrons. The van der Waals surface area contributed by atoms with Gasteiger partial charge in [-0.25, -0.2) is 0 Å². The summed E-state index contributed by atoms with van der Waals surface area (Å²) in [5.41, 5.74) is 0.845. The van der Waals surface area contributed by atoms with Gasteiger partial charge in [-0.15, -0.1) is 0 Å². The van der Waals surface area contributed by atoms with Crippen LogP contribution in [0.3, 0.4) is 0 Å². The van der Waals surface area contributed by atoms with Crippen molar-refractivity contribution in [1.82, 2.24) is 15.1 Å². The third-order valence-corrected chi connectivity index (χ3v) is 3.62. The second kappa shape index (κ2) is 4.07. The van der Waals surface area contributed by atoms with E-state index in [0.717, 1.165) is 10.2 Å². The first-order valence-corrected chi connectivity index (χ1v) is 6.02. The van der Waals surface area contributed by atoms with Crippen molar-refractivity contribution in [2.24, 2.45) is 7.05 Å². The molecule has 1 aromatic rings. The predicted octanol–water partition coefficient (Wildman–Crippen LogP) is 1.67. The number of rotatable bonds is 1. The van der Waals surface area contributed by atoms with Crippen LogP contribution in [0.5, 0.6) is 0 Å². The van der Waals surface area contributed by atoms with Gasteiger partial charge in [0.2, 0.25) is 0 Å². The topological polar surface area (TPSA) is 46.9 Å². The Kier molecular flexibility index (Phi) is 2.94. The van der Waals surface area contributed by atoms with Crippen LogP contribution in [0, 0.1) is 0 Å². The van der Waals surface area contributed by atoms with E-state index in [-0.39, 0.29) is 5.91 Å². The van der Waals surface area contributed by atoms with E-state index in [2.05, 4.69) is 26.3 Å². The fourth-order valence-corrected chi connectivity index (χ4v) is 2.61. The number of nitrogens with one attached hydrogen (secondary N) is 1. The summed E-state index contributed by atoms with van der Waals surface area (Å²) in [7, 11) is 1.81. The maximum absolute atomic E-state index is 11.4. The number of amides is 1. The summed E-state index contributed by atoms with van der Waals surface area (Å²) in [5.74, 6) is -0.155. The van der Waals surface area contributed by atoms with Gasteiger partial charge in [0.25, 0.3) is 5.91 Å². The summed E-state index contributed by atoms with van der Waals surface area (Å²) in [6.45, 7) is 0. The first-order chi connectivity index (χ1) is 7.08. The first-order valence-electron chi connectivity index (χ1n) is 4.00. The Bertz CT molecular complexity index is 461. The molecule has 0 unspecified atom stereocenters. The summed E-state index contributed by atoms with van der Waals surface area (Å²) in [6.07, 6.45) is 3.44. The average molecular weight is 304 g/mol. The van der Waals surface area contributed by atoms with Gasteiger partial charge in [0.15, 0.2) is 0 Å². The fourth-order valence-electron chi connectivity index (χ4n) is 1.13. The summed E-state index contributed by atoms with van der Waals surface area (Å²) in [4.78, 5) is 12.0. The molecule has 0 bridgehead atoms. The van der Waals surface area contributed by atoms with Gasteiger partial charge in [-0.1, -0.05) is 24.0 Å². The van der Waals surface area contributed by atoms with E-state index < -0.39 is 0 Å². The highest BCUT2D eigenvalue weighted by Crippen LogP contribution is 2.27. The summed E-state index contributed by atoms with van der Waals surface area (Å²) < 4.78 is 3.03. The number of hydrogen-bond acceptors (Lipinski definition) is 4. The molecular weight excluding hydrogens is 298 g/mol. The van der Waals surface area contributed by atoms with Crippen molar-refractivity contribution < 1.29 is 4.79 Å². The molecule has 0 saturated carbocycles. The molecular formula is C8H6BrN3OS2. The van der Waals surface area contributed by atoms with E-state index in [1.165, 1.54) is 11.8 Å². The number of thioether (sulfide) groups is 1. The van der Waals surface area contributed by atoms with Crippen LogP contribution in [0.1, 0.15) is 5.69 Å². The van der Waals surface area contributed by atoms with E-state index in [1.807, 2.05) is 7.05 Å². The van der Waals surface area contributed by atoms with Gasteiger partial charge >= 0.3 is 0 Å². The molecule has 1 N–H and O–H groups in total. The summed E-state index contributed by atoms with van der Waals surface area (Å²) >= 11 is 9.51. The Balaban J connectivity index is 2.39. The molecule has 1 saturated heterocycles. The highest BCUT2D eigenvalue weighted by atomic mass is 79.9. The van der Waals surface area contributed by atoms with E-state index in [1.54, 1.807) is 17.0 Å². The van der Waals surface area contributed by atoms with Crippen LogP contribution in [-0.4, -0.2) is 20.0 Å². The second-order valence-electron chi connectivity index (χ2n) is 2.85. The Morgan fingerprint density at radius 2 is 2.47 bits per heavy atom. The lowest BCUT2D eigenvalue weighted by Crippen LogP contribution is -2.17. The van der Waals surface area contributed by atoms with Gasteiger partial charge in [0.05, 0.1) is 21.3 Å². The van der Waals surface area contributed by atoms with Crippen LogP contribution in [0.4, 0.5) is 0 Å². The van der Waals surface area contributed by atoms with Gasteiger partial charge in [-0.05, 0) is 22.0 Å². The first kappa shape index (κ1) is 10.8. The van der Waals surface area contributed by atoms with Crippen molar-refractivity contribution >= 4 is 56.2 Å². The molecule has 2 heterocycles. The Hall–Kier alpha value is -0.660. The van der Waals surface area contributed by atoms with Crippen molar-refractivity contribution in [3.05, 3.63) is 21.3 Å². The van der Waals surface area contributed by atoms with Crippen molar-refractivity contribution in [3.63, 3.8) is 0 Å². The molecule has 0 spiro atoms. The van der Waals surface area contributed by atoms with Gasteiger partial charge < -0.3 is 5.32 Å². The van der Waals surface area contributed by atoms with Gasteiger partial charge in [-0.3, -0.25) is 9.48 Å². The minimum Gasteiger partial charge on any atom is -0.307 e. The number of carbonyl (C=O) groups is 1. The molecule has 1 aromatic heterocycles. The zero-order valence-electron chi connectivity index (χ0n) is 7.65. The van der Waals surface area contributed by atoms with Crippen LogP contribution in [0.25, 0.3) is 6.08 Å². The molecule has 7 heteroatoms. The molecule has 0 aliphatic carbocycles. The van der Waals surface area contributed by atoms with Gasteiger partial charge in [0, 0.05) is 7.05 Å². The van der Waals surface area contributed by atoms with Crippen LogP contribution in [0.15, 0.2) is 15.6 Å². The molecule has 0 radical (unpaired) electrons. The molecule has 2 rings (SSSR count). The fraction of sp³-hybridized carbons (Fsp3) is 0.125. The van der Waals surface area contributed by atoms with Crippen molar-refractivity contribution in [3.8, 4) is 0 Å². The lowest BCUT2D eigenvalue weighted by molar-refractivity contribution is -0.115. The number of carbonyl (C=O) groups excluding carboxylic acids is 1. The molecule has 0 aromatic carbocycles. The Morgan fingerprint density at radius 1 is 1.73 bits per heavy atom. The van der Waals surface area contributed by atoms with E-state index >= 15 is 0 Å². The third-order valence-electron chi connectivity index (χ3n) is 1.85. The molecule has 1 aliphatic heterocycles. The van der Waals surface area contributed by atoms with Crippen LogP contribution >= 0.6 is 39.9 Å². The third kappa shape index (κ3) is 2.14. The summed E-state index contributed by atoms with van der Waals surface area (Å²) in [5, 5.41) is 6.61. The number of halogens is 1.